The zero-order chi connectivity index (χ0) is 17.7. The zero-order valence-electron chi connectivity index (χ0n) is 13.9. The SMILES string of the molecule is O=S(=O)(c1ccccc1)N1CC[NH+](CCOc2ccc(F)cc2)CC1. The lowest BCUT2D eigenvalue weighted by atomic mass is 10.3. The van der Waals surface area contributed by atoms with E-state index in [-0.39, 0.29) is 5.82 Å². The van der Waals surface area contributed by atoms with Crippen LogP contribution in [0, 0.1) is 5.82 Å². The van der Waals surface area contributed by atoms with Crippen molar-refractivity contribution >= 4 is 10.0 Å². The third-order valence-electron chi connectivity index (χ3n) is 4.35. The average molecular weight is 365 g/mol. The van der Waals surface area contributed by atoms with Gasteiger partial charge in [0.2, 0.25) is 10.0 Å². The number of hydrogen-bond donors (Lipinski definition) is 1. The molecule has 1 saturated heterocycles. The first-order valence-electron chi connectivity index (χ1n) is 8.33. The molecule has 2 aromatic carbocycles. The smallest absolute Gasteiger partial charge is 0.243 e. The van der Waals surface area contributed by atoms with Gasteiger partial charge in [0.1, 0.15) is 24.7 Å². The summed E-state index contributed by atoms with van der Waals surface area (Å²) in [6, 6.07) is 14.5. The van der Waals surface area contributed by atoms with Gasteiger partial charge >= 0.3 is 0 Å². The van der Waals surface area contributed by atoms with Crippen LogP contribution in [0.2, 0.25) is 0 Å². The maximum atomic E-state index is 12.8. The van der Waals surface area contributed by atoms with Gasteiger partial charge in [0.25, 0.3) is 0 Å². The topological polar surface area (TPSA) is 51.0 Å². The zero-order valence-corrected chi connectivity index (χ0v) is 14.7. The summed E-state index contributed by atoms with van der Waals surface area (Å²) in [6.45, 7) is 3.81. The van der Waals surface area contributed by atoms with E-state index in [9.17, 15) is 12.8 Å². The summed E-state index contributed by atoms with van der Waals surface area (Å²) in [7, 11) is -3.40. The van der Waals surface area contributed by atoms with E-state index < -0.39 is 10.0 Å². The number of benzene rings is 2. The highest BCUT2D eigenvalue weighted by molar-refractivity contribution is 7.89. The van der Waals surface area contributed by atoms with Crippen LogP contribution in [0.4, 0.5) is 4.39 Å². The molecule has 0 radical (unpaired) electrons. The molecule has 1 N–H and O–H groups in total. The number of nitrogens with zero attached hydrogens (tertiary/aromatic N) is 1. The fourth-order valence-corrected chi connectivity index (χ4v) is 4.34. The molecule has 1 aliphatic heterocycles. The maximum absolute atomic E-state index is 12.8. The Bertz CT molecular complexity index is 774. The molecule has 5 nitrogen and oxygen atoms in total. The summed E-state index contributed by atoms with van der Waals surface area (Å²) >= 11 is 0. The largest absolute Gasteiger partial charge is 0.488 e. The molecule has 2 aromatic rings. The lowest BCUT2D eigenvalue weighted by molar-refractivity contribution is -0.903. The van der Waals surface area contributed by atoms with Crippen molar-refractivity contribution < 1.29 is 22.4 Å². The fraction of sp³-hybridized carbons (Fsp3) is 0.333. The van der Waals surface area contributed by atoms with Crippen molar-refractivity contribution in [2.75, 3.05) is 39.3 Å². The van der Waals surface area contributed by atoms with Crippen LogP contribution < -0.4 is 9.64 Å². The van der Waals surface area contributed by atoms with E-state index in [1.165, 1.54) is 17.0 Å². The van der Waals surface area contributed by atoms with Gasteiger partial charge in [0, 0.05) is 0 Å². The maximum Gasteiger partial charge on any atom is 0.243 e. The van der Waals surface area contributed by atoms with E-state index in [4.69, 9.17) is 4.74 Å². The first-order chi connectivity index (χ1) is 12.1. The van der Waals surface area contributed by atoms with Gasteiger partial charge in [-0.15, -0.1) is 0 Å². The van der Waals surface area contributed by atoms with Crippen LogP contribution in [0.15, 0.2) is 59.5 Å². The van der Waals surface area contributed by atoms with Gasteiger partial charge in [0.05, 0.1) is 31.1 Å². The molecular weight excluding hydrogens is 343 g/mol. The number of piperazine rings is 1. The second kappa shape index (κ2) is 7.95. The van der Waals surface area contributed by atoms with Crippen LogP contribution in [-0.4, -0.2) is 52.1 Å². The fourth-order valence-electron chi connectivity index (χ4n) is 2.88. The third-order valence-corrected chi connectivity index (χ3v) is 6.26. The Morgan fingerprint density at radius 2 is 1.64 bits per heavy atom. The van der Waals surface area contributed by atoms with Crippen molar-refractivity contribution in [1.29, 1.82) is 0 Å². The van der Waals surface area contributed by atoms with Crippen molar-refractivity contribution in [1.82, 2.24) is 4.31 Å². The molecular formula is C18H22FN2O3S+. The predicted octanol–water partition coefficient (Wildman–Crippen LogP) is 0.794. The monoisotopic (exact) mass is 365 g/mol. The normalized spacial score (nSPS) is 16.7. The Labute approximate surface area is 147 Å². The number of ether oxygens (including phenoxy) is 1. The molecule has 0 aromatic heterocycles. The van der Waals surface area contributed by atoms with E-state index in [0.717, 1.165) is 19.6 Å². The highest BCUT2D eigenvalue weighted by atomic mass is 32.2. The summed E-state index contributed by atoms with van der Waals surface area (Å²) in [6.07, 6.45) is 0. The molecule has 134 valence electrons. The highest BCUT2D eigenvalue weighted by Gasteiger charge is 2.30. The Balaban J connectivity index is 1.46. The minimum absolute atomic E-state index is 0.284. The summed E-state index contributed by atoms with van der Waals surface area (Å²) < 4.78 is 45.2. The van der Waals surface area contributed by atoms with E-state index in [1.807, 2.05) is 6.07 Å². The Morgan fingerprint density at radius 1 is 1.00 bits per heavy atom. The van der Waals surface area contributed by atoms with Gasteiger partial charge in [-0.3, -0.25) is 0 Å². The van der Waals surface area contributed by atoms with E-state index in [2.05, 4.69) is 0 Å². The van der Waals surface area contributed by atoms with Crippen molar-refractivity contribution in [3.63, 3.8) is 0 Å². The van der Waals surface area contributed by atoms with Gasteiger partial charge < -0.3 is 9.64 Å². The van der Waals surface area contributed by atoms with Crippen LogP contribution >= 0.6 is 0 Å². The number of hydrogen-bond acceptors (Lipinski definition) is 3. The number of rotatable bonds is 6. The predicted molar refractivity (Wildman–Crippen MR) is 92.7 cm³/mol. The van der Waals surface area contributed by atoms with Crippen LogP contribution in [0.3, 0.4) is 0 Å². The standard InChI is InChI=1S/C18H21FN2O3S/c19-16-6-8-17(9-7-16)24-15-14-20-10-12-21(13-11-20)25(22,23)18-4-2-1-3-5-18/h1-9H,10-15H2/p+1. The van der Waals surface area contributed by atoms with Gasteiger partial charge in [-0.05, 0) is 36.4 Å². The first-order valence-corrected chi connectivity index (χ1v) is 9.77. The summed E-state index contributed by atoms with van der Waals surface area (Å²) in [4.78, 5) is 1.65. The van der Waals surface area contributed by atoms with Gasteiger partial charge in [0.15, 0.2) is 0 Å². The molecule has 1 heterocycles. The van der Waals surface area contributed by atoms with Gasteiger partial charge in [-0.25, -0.2) is 12.8 Å². The molecule has 25 heavy (non-hydrogen) atoms. The Morgan fingerprint density at radius 3 is 2.28 bits per heavy atom. The summed E-state index contributed by atoms with van der Waals surface area (Å²) in [5, 5.41) is 0. The summed E-state index contributed by atoms with van der Waals surface area (Å²) in [5.74, 6) is 0.361. The summed E-state index contributed by atoms with van der Waals surface area (Å²) in [5.41, 5.74) is 0. The average Bonchev–Trinajstić information content (AvgIpc) is 2.64. The molecule has 0 bridgehead atoms. The Kier molecular flexibility index (Phi) is 5.67. The second-order valence-corrected chi connectivity index (χ2v) is 7.96. The molecule has 0 unspecified atom stereocenters. The molecule has 0 spiro atoms. The molecule has 7 heteroatoms. The molecule has 0 amide bonds. The van der Waals surface area contributed by atoms with Gasteiger partial charge in [-0.1, -0.05) is 18.2 Å². The molecule has 0 aliphatic carbocycles. The molecule has 0 atom stereocenters. The quantitative estimate of drug-likeness (QED) is 0.824. The molecule has 1 fully saturated rings. The lowest BCUT2D eigenvalue weighted by Crippen LogP contribution is -3.15. The minimum Gasteiger partial charge on any atom is -0.488 e. The second-order valence-electron chi connectivity index (χ2n) is 6.02. The highest BCUT2D eigenvalue weighted by Crippen LogP contribution is 2.14. The number of quaternary nitrogens is 1. The minimum atomic E-state index is -3.40. The third kappa shape index (κ3) is 4.56. The Hall–Kier alpha value is -1.96. The van der Waals surface area contributed by atoms with Crippen LogP contribution in [-0.2, 0) is 10.0 Å². The van der Waals surface area contributed by atoms with Crippen molar-refractivity contribution in [3.05, 3.63) is 60.4 Å². The van der Waals surface area contributed by atoms with Gasteiger partial charge in [-0.2, -0.15) is 4.31 Å². The number of sulfonamides is 1. The van der Waals surface area contributed by atoms with Crippen molar-refractivity contribution in [3.8, 4) is 5.75 Å². The molecule has 0 saturated carbocycles. The van der Waals surface area contributed by atoms with Crippen LogP contribution in [0.1, 0.15) is 0 Å². The number of halogens is 1. The first kappa shape index (κ1) is 17.8. The lowest BCUT2D eigenvalue weighted by Gasteiger charge is -2.31. The van der Waals surface area contributed by atoms with Crippen molar-refractivity contribution in [2.45, 2.75) is 4.90 Å². The van der Waals surface area contributed by atoms with Crippen LogP contribution in [0.5, 0.6) is 5.75 Å². The van der Waals surface area contributed by atoms with Crippen molar-refractivity contribution in [2.24, 2.45) is 0 Å². The number of nitrogens with one attached hydrogen (secondary N) is 1. The van der Waals surface area contributed by atoms with E-state index >= 15 is 0 Å². The van der Waals surface area contributed by atoms with E-state index in [0.29, 0.717) is 30.3 Å². The molecule has 3 rings (SSSR count). The van der Waals surface area contributed by atoms with Crippen LogP contribution in [0.25, 0.3) is 0 Å². The van der Waals surface area contributed by atoms with E-state index in [1.54, 1.807) is 40.7 Å². The molecule has 1 aliphatic rings.